The van der Waals surface area contributed by atoms with Crippen LogP contribution in [0.1, 0.15) is 17.3 Å². The molecule has 0 aliphatic heterocycles. The Kier molecular flexibility index (Phi) is 3.29. The van der Waals surface area contributed by atoms with Crippen molar-refractivity contribution in [2.45, 2.75) is 13.0 Å². The van der Waals surface area contributed by atoms with Gasteiger partial charge in [0.15, 0.2) is 0 Å². The van der Waals surface area contributed by atoms with Gasteiger partial charge in [0, 0.05) is 0 Å². The highest BCUT2D eigenvalue weighted by Crippen LogP contribution is 2.19. The zero-order chi connectivity index (χ0) is 11.4. The summed E-state index contributed by atoms with van der Waals surface area (Å²) in [5, 5.41) is 11.5. The molecule has 78 valence electrons. The molecule has 0 aromatic heterocycles. The van der Waals surface area contributed by atoms with Crippen molar-refractivity contribution in [1.29, 1.82) is 0 Å². The first-order valence-electron chi connectivity index (χ1n) is 4.30. The molecule has 3 nitrogen and oxygen atoms in total. The van der Waals surface area contributed by atoms with Gasteiger partial charge in [-0.3, -0.25) is 0 Å². The quantitative estimate of drug-likeness (QED) is 0.745. The number of hydrogen-bond donors (Lipinski definition) is 2. The lowest BCUT2D eigenvalue weighted by Crippen LogP contribution is -2.16. The minimum Gasteiger partial charge on any atom is -0.478 e. The maximum atomic E-state index is 13.2. The molecule has 2 N–H and O–H groups in total. The van der Waals surface area contributed by atoms with E-state index in [-0.39, 0.29) is 17.3 Å². The Morgan fingerprint density at radius 2 is 2.33 bits per heavy atom. The number of halogens is 1. The van der Waals surface area contributed by atoms with E-state index in [4.69, 9.17) is 11.5 Å². The molecule has 0 spiro atoms. The summed E-state index contributed by atoms with van der Waals surface area (Å²) in [7, 11) is 0. The maximum absolute atomic E-state index is 13.2. The van der Waals surface area contributed by atoms with Crippen molar-refractivity contribution in [3.05, 3.63) is 29.6 Å². The molecule has 0 radical (unpaired) electrons. The fourth-order valence-electron chi connectivity index (χ4n) is 1.14. The van der Waals surface area contributed by atoms with Gasteiger partial charge in [0.05, 0.1) is 11.7 Å². The Balaban J connectivity index is 3.13. The standard InChI is InChI=1S/C11H10FNO2/c1-3-7(2)13-9-6-4-5-8(12)10(9)11(14)15/h1,4-7,13H,2H3,(H,14,15). The van der Waals surface area contributed by atoms with Gasteiger partial charge in [-0.15, -0.1) is 6.42 Å². The van der Waals surface area contributed by atoms with Crippen molar-refractivity contribution in [1.82, 2.24) is 0 Å². The van der Waals surface area contributed by atoms with Crippen molar-refractivity contribution >= 4 is 11.7 Å². The smallest absolute Gasteiger partial charge is 0.340 e. The molecule has 0 aliphatic carbocycles. The second kappa shape index (κ2) is 4.47. The molecular weight excluding hydrogens is 197 g/mol. The van der Waals surface area contributed by atoms with Gasteiger partial charge in [-0.25, -0.2) is 9.18 Å². The minimum absolute atomic E-state index is 0.188. The Morgan fingerprint density at radius 1 is 1.67 bits per heavy atom. The Morgan fingerprint density at radius 3 is 2.87 bits per heavy atom. The largest absolute Gasteiger partial charge is 0.478 e. The number of benzene rings is 1. The molecule has 1 aromatic carbocycles. The number of carboxylic acids is 1. The first-order valence-corrected chi connectivity index (χ1v) is 4.30. The number of rotatable bonds is 3. The third-order valence-electron chi connectivity index (χ3n) is 1.85. The summed E-state index contributed by atoms with van der Waals surface area (Å²) in [5.74, 6) is 0.272. The zero-order valence-corrected chi connectivity index (χ0v) is 8.12. The predicted octanol–water partition coefficient (Wildman–Crippen LogP) is 1.96. The van der Waals surface area contributed by atoms with Crippen LogP contribution < -0.4 is 5.32 Å². The second-order valence-electron chi connectivity index (χ2n) is 3.00. The van der Waals surface area contributed by atoms with Crippen molar-refractivity contribution in [2.75, 3.05) is 5.32 Å². The number of hydrogen-bond acceptors (Lipinski definition) is 2. The lowest BCUT2D eigenvalue weighted by molar-refractivity contribution is 0.0693. The molecule has 0 fully saturated rings. The van der Waals surface area contributed by atoms with Gasteiger partial charge < -0.3 is 10.4 Å². The number of nitrogens with one attached hydrogen (secondary N) is 1. The molecule has 1 atom stereocenters. The average molecular weight is 207 g/mol. The van der Waals surface area contributed by atoms with E-state index in [0.29, 0.717) is 0 Å². The Hall–Kier alpha value is -2.02. The van der Waals surface area contributed by atoms with Crippen molar-refractivity contribution in [3.8, 4) is 12.3 Å². The second-order valence-corrected chi connectivity index (χ2v) is 3.00. The number of aromatic carboxylic acids is 1. The van der Waals surface area contributed by atoms with Crippen LogP contribution in [0.5, 0.6) is 0 Å². The van der Waals surface area contributed by atoms with E-state index in [1.807, 2.05) is 0 Å². The molecule has 1 unspecified atom stereocenters. The molecule has 0 heterocycles. The van der Waals surface area contributed by atoms with E-state index in [0.717, 1.165) is 6.07 Å². The van der Waals surface area contributed by atoms with E-state index in [2.05, 4.69) is 11.2 Å². The Bertz CT molecular complexity index is 423. The lowest BCUT2D eigenvalue weighted by atomic mass is 10.1. The summed E-state index contributed by atoms with van der Waals surface area (Å²) in [4.78, 5) is 10.8. The van der Waals surface area contributed by atoms with Crippen molar-refractivity contribution in [3.63, 3.8) is 0 Å². The van der Waals surface area contributed by atoms with Crippen LogP contribution in [0.2, 0.25) is 0 Å². The highest BCUT2D eigenvalue weighted by atomic mass is 19.1. The van der Waals surface area contributed by atoms with Crippen LogP contribution in [0, 0.1) is 18.2 Å². The monoisotopic (exact) mass is 207 g/mol. The zero-order valence-electron chi connectivity index (χ0n) is 8.12. The fourth-order valence-corrected chi connectivity index (χ4v) is 1.14. The SMILES string of the molecule is C#CC(C)Nc1cccc(F)c1C(=O)O. The van der Waals surface area contributed by atoms with Crippen LogP contribution in [-0.2, 0) is 0 Å². The number of carboxylic acid groups (broad SMARTS) is 1. The van der Waals surface area contributed by atoms with Gasteiger partial charge in [-0.2, -0.15) is 0 Å². The third kappa shape index (κ3) is 2.47. The van der Waals surface area contributed by atoms with Crippen LogP contribution in [-0.4, -0.2) is 17.1 Å². The molecule has 1 rings (SSSR count). The van der Waals surface area contributed by atoms with Crippen LogP contribution >= 0.6 is 0 Å². The molecule has 1 aromatic rings. The summed E-state index contributed by atoms with van der Waals surface area (Å²) < 4.78 is 13.2. The molecule has 0 saturated carbocycles. The van der Waals surface area contributed by atoms with Crippen LogP contribution in [0.15, 0.2) is 18.2 Å². The molecule has 0 aliphatic rings. The maximum Gasteiger partial charge on any atom is 0.340 e. The normalized spacial score (nSPS) is 11.5. The van der Waals surface area contributed by atoms with E-state index in [1.54, 1.807) is 6.92 Å². The highest BCUT2D eigenvalue weighted by Gasteiger charge is 2.15. The van der Waals surface area contributed by atoms with E-state index in [1.165, 1.54) is 12.1 Å². The van der Waals surface area contributed by atoms with Crippen molar-refractivity contribution < 1.29 is 14.3 Å². The molecule has 0 saturated heterocycles. The average Bonchev–Trinajstić information content (AvgIpc) is 2.17. The molecule has 0 amide bonds. The molecular formula is C11H10FNO2. The summed E-state index contributed by atoms with van der Waals surface area (Å²) >= 11 is 0. The topological polar surface area (TPSA) is 49.3 Å². The lowest BCUT2D eigenvalue weighted by Gasteiger charge is -2.12. The first kappa shape index (κ1) is 11.1. The summed E-state index contributed by atoms with van der Waals surface area (Å²) in [6.45, 7) is 1.68. The third-order valence-corrected chi connectivity index (χ3v) is 1.85. The first-order chi connectivity index (χ1) is 7.06. The molecule has 0 bridgehead atoms. The van der Waals surface area contributed by atoms with Gasteiger partial charge in [0.25, 0.3) is 0 Å². The van der Waals surface area contributed by atoms with Crippen LogP contribution in [0.25, 0.3) is 0 Å². The van der Waals surface area contributed by atoms with Crippen molar-refractivity contribution in [2.24, 2.45) is 0 Å². The van der Waals surface area contributed by atoms with Gasteiger partial charge in [0.1, 0.15) is 11.4 Å². The van der Waals surface area contributed by atoms with Gasteiger partial charge in [-0.05, 0) is 19.1 Å². The predicted molar refractivity (Wildman–Crippen MR) is 55.3 cm³/mol. The molecule has 4 heteroatoms. The number of anilines is 1. The summed E-state index contributed by atoms with van der Waals surface area (Å²) in [6.07, 6.45) is 5.13. The van der Waals surface area contributed by atoms with E-state index in [9.17, 15) is 9.18 Å². The fraction of sp³-hybridized carbons (Fsp3) is 0.182. The number of carbonyl (C=O) groups is 1. The van der Waals surface area contributed by atoms with Gasteiger partial charge in [0.2, 0.25) is 0 Å². The molecule has 15 heavy (non-hydrogen) atoms. The van der Waals surface area contributed by atoms with Crippen LogP contribution in [0.4, 0.5) is 10.1 Å². The summed E-state index contributed by atoms with van der Waals surface area (Å²) in [6, 6.07) is 3.63. The van der Waals surface area contributed by atoms with Gasteiger partial charge in [-0.1, -0.05) is 12.0 Å². The number of terminal acetylenes is 1. The van der Waals surface area contributed by atoms with Crippen LogP contribution in [0.3, 0.4) is 0 Å². The minimum atomic E-state index is -1.32. The van der Waals surface area contributed by atoms with E-state index < -0.39 is 11.8 Å². The highest BCUT2D eigenvalue weighted by molar-refractivity contribution is 5.94. The summed E-state index contributed by atoms with van der Waals surface area (Å²) in [5.41, 5.74) is -0.201. The Labute approximate surface area is 86.9 Å². The van der Waals surface area contributed by atoms with Gasteiger partial charge >= 0.3 is 5.97 Å². The van der Waals surface area contributed by atoms with E-state index >= 15 is 0 Å².